The summed E-state index contributed by atoms with van der Waals surface area (Å²) in [6, 6.07) is 27.9. The van der Waals surface area contributed by atoms with Crippen LogP contribution in [0.15, 0.2) is 101 Å². The van der Waals surface area contributed by atoms with Crippen molar-refractivity contribution < 1.29 is 19.1 Å². The van der Waals surface area contributed by atoms with Gasteiger partial charge in [0.25, 0.3) is 5.91 Å². The number of esters is 1. The highest BCUT2D eigenvalue weighted by atomic mass is 79.9. The number of nitrogens with zero attached hydrogens (tertiary/aromatic N) is 1. The number of carbonyl (C=O) groups excluding carboxylic acids is 2. The third-order valence-electron chi connectivity index (χ3n) is 6.52. The highest BCUT2D eigenvalue weighted by Gasteiger charge is 2.20. The molecule has 0 aliphatic carbocycles. The Balaban J connectivity index is 1.37. The average Bonchev–Trinajstić information content (AvgIpc) is 3.39. The van der Waals surface area contributed by atoms with E-state index in [9.17, 15) is 9.59 Å². The monoisotopic (exact) mass is 609 g/mol. The lowest BCUT2D eigenvalue weighted by Crippen LogP contribution is -2.19. The Morgan fingerprint density at radius 2 is 1.71 bits per heavy atom. The molecular weight excluding hydrogens is 582 g/mol. The molecule has 1 aromatic heterocycles. The van der Waals surface area contributed by atoms with Crippen LogP contribution in [0.25, 0.3) is 22.0 Å². The number of hydrazone groups is 1. The zero-order valence-corrected chi connectivity index (χ0v) is 24.2. The third-order valence-corrected chi connectivity index (χ3v) is 7.05. The lowest BCUT2D eigenvalue weighted by atomic mass is 10.00. The molecule has 41 heavy (non-hydrogen) atoms. The van der Waals surface area contributed by atoms with Crippen molar-refractivity contribution in [3.63, 3.8) is 0 Å². The second-order valence-electron chi connectivity index (χ2n) is 9.17. The van der Waals surface area contributed by atoms with Gasteiger partial charge in [0.1, 0.15) is 5.69 Å². The van der Waals surface area contributed by atoms with Gasteiger partial charge in [-0.25, -0.2) is 10.2 Å². The SMILES string of the molecule is CCOc1cc(C=NNC(=O)c2[nH]c3c(CC)cccc3c2-c2ccccc2)ccc1OC(=O)c1ccc(Br)cc1. The Bertz CT molecular complexity index is 1730. The van der Waals surface area contributed by atoms with Crippen molar-refractivity contribution in [3.8, 4) is 22.6 Å². The molecule has 0 bridgehead atoms. The van der Waals surface area contributed by atoms with Crippen LogP contribution in [0.1, 0.15) is 45.8 Å². The summed E-state index contributed by atoms with van der Waals surface area (Å²) in [4.78, 5) is 29.3. The minimum atomic E-state index is -0.495. The number of aromatic nitrogens is 1. The molecule has 1 amide bonds. The lowest BCUT2D eigenvalue weighted by molar-refractivity contribution is 0.0728. The summed E-state index contributed by atoms with van der Waals surface area (Å²) in [5.41, 5.74) is 8.01. The second-order valence-corrected chi connectivity index (χ2v) is 10.1. The maximum atomic E-state index is 13.4. The number of benzene rings is 4. The third kappa shape index (κ3) is 6.23. The maximum Gasteiger partial charge on any atom is 0.343 e. The summed E-state index contributed by atoms with van der Waals surface area (Å²) >= 11 is 3.36. The predicted molar refractivity (Wildman–Crippen MR) is 165 cm³/mol. The molecule has 0 aliphatic heterocycles. The molecule has 0 aliphatic rings. The number of halogens is 1. The molecular formula is C33H28BrN3O4. The maximum absolute atomic E-state index is 13.4. The van der Waals surface area contributed by atoms with E-state index in [4.69, 9.17) is 9.47 Å². The van der Waals surface area contributed by atoms with Crippen molar-refractivity contribution in [2.24, 2.45) is 5.10 Å². The number of amides is 1. The summed E-state index contributed by atoms with van der Waals surface area (Å²) in [5, 5.41) is 5.19. The Hall–Kier alpha value is -4.69. The number of H-pyrrole nitrogens is 1. The van der Waals surface area contributed by atoms with E-state index in [0.29, 0.717) is 34.9 Å². The van der Waals surface area contributed by atoms with Gasteiger partial charge in [0.15, 0.2) is 11.5 Å². The standard InChI is InChI=1S/C33H28BrN3O4/c1-3-22-11-8-12-26-29(23-9-6-5-7-10-23)31(36-30(22)26)32(38)37-35-20-21-13-18-27(28(19-21)40-4-2)41-33(39)24-14-16-25(34)17-15-24/h5-20,36H,3-4H2,1-2H3,(H,37,38). The minimum Gasteiger partial charge on any atom is -0.490 e. The molecule has 0 radical (unpaired) electrons. The van der Waals surface area contributed by atoms with Crippen LogP contribution in [0, 0.1) is 0 Å². The smallest absolute Gasteiger partial charge is 0.343 e. The highest BCUT2D eigenvalue weighted by Crippen LogP contribution is 2.34. The molecule has 2 N–H and O–H groups in total. The van der Waals surface area contributed by atoms with Gasteiger partial charge in [0.2, 0.25) is 0 Å². The van der Waals surface area contributed by atoms with E-state index in [1.165, 1.54) is 6.21 Å². The van der Waals surface area contributed by atoms with Crippen molar-refractivity contribution >= 4 is 44.9 Å². The summed E-state index contributed by atoms with van der Waals surface area (Å²) in [6.45, 7) is 4.31. The van der Waals surface area contributed by atoms with Crippen LogP contribution in [-0.2, 0) is 6.42 Å². The van der Waals surface area contributed by atoms with Gasteiger partial charge in [-0.05, 0) is 72.5 Å². The van der Waals surface area contributed by atoms with Gasteiger partial charge < -0.3 is 14.5 Å². The first-order valence-electron chi connectivity index (χ1n) is 13.3. The number of hydrogen-bond donors (Lipinski definition) is 2. The number of fused-ring (bicyclic) bond motifs is 1. The molecule has 8 heteroatoms. The molecule has 7 nitrogen and oxygen atoms in total. The van der Waals surface area contributed by atoms with Gasteiger partial charge in [0.05, 0.1) is 18.4 Å². The number of hydrogen-bond acceptors (Lipinski definition) is 5. The molecule has 206 valence electrons. The van der Waals surface area contributed by atoms with Crippen LogP contribution in [0.4, 0.5) is 0 Å². The van der Waals surface area contributed by atoms with Gasteiger partial charge in [-0.2, -0.15) is 5.10 Å². The van der Waals surface area contributed by atoms with E-state index in [0.717, 1.165) is 38.5 Å². The average molecular weight is 611 g/mol. The number of aromatic amines is 1. The summed E-state index contributed by atoms with van der Waals surface area (Å²) in [6.07, 6.45) is 2.35. The van der Waals surface area contributed by atoms with Gasteiger partial charge in [-0.15, -0.1) is 0 Å². The molecule has 5 rings (SSSR count). The fourth-order valence-corrected chi connectivity index (χ4v) is 4.84. The van der Waals surface area contributed by atoms with Crippen LogP contribution in [0.2, 0.25) is 0 Å². The largest absolute Gasteiger partial charge is 0.490 e. The number of para-hydroxylation sites is 1. The number of aryl methyl sites for hydroxylation is 1. The zero-order valence-electron chi connectivity index (χ0n) is 22.6. The molecule has 0 spiro atoms. The summed E-state index contributed by atoms with van der Waals surface area (Å²) in [5.74, 6) is -0.171. The fraction of sp³-hybridized carbons (Fsp3) is 0.121. The number of rotatable bonds is 9. The Morgan fingerprint density at radius 1 is 0.927 bits per heavy atom. The quantitative estimate of drug-likeness (QED) is 0.0781. The number of ether oxygens (including phenoxy) is 2. The first kappa shape index (κ1) is 27.9. The van der Waals surface area contributed by atoms with Crippen molar-refractivity contribution in [1.82, 2.24) is 10.4 Å². The predicted octanol–water partition coefficient (Wildman–Crippen LogP) is 7.54. The van der Waals surface area contributed by atoms with E-state index in [-0.39, 0.29) is 5.91 Å². The van der Waals surface area contributed by atoms with Crippen LogP contribution in [0.3, 0.4) is 0 Å². The van der Waals surface area contributed by atoms with Gasteiger partial charge in [-0.3, -0.25) is 4.79 Å². The second kappa shape index (κ2) is 12.7. The Kier molecular flexibility index (Phi) is 8.60. The molecule has 0 saturated heterocycles. The molecule has 0 unspecified atom stereocenters. The van der Waals surface area contributed by atoms with Gasteiger partial charge in [-0.1, -0.05) is 71.4 Å². The van der Waals surface area contributed by atoms with Crippen LogP contribution in [-0.4, -0.2) is 29.7 Å². The van der Waals surface area contributed by atoms with E-state index in [2.05, 4.69) is 44.4 Å². The summed E-state index contributed by atoms with van der Waals surface area (Å²) in [7, 11) is 0. The van der Waals surface area contributed by atoms with E-state index < -0.39 is 5.97 Å². The molecule has 0 fully saturated rings. The molecule has 0 saturated carbocycles. The topological polar surface area (TPSA) is 92.8 Å². The van der Waals surface area contributed by atoms with Crippen LogP contribution in [0.5, 0.6) is 11.5 Å². The van der Waals surface area contributed by atoms with Crippen LogP contribution < -0.4 is 14.9 Å². The van der Waals surface area contributed by atoms with Crippen molar-refractivity contribution in [2.75, 3.05) is 6.61 Å². The lowest BCUT2D eigenvalue weighted by Gasteiger charge is -2.11. The van der Waals surface area contributed by atoms with E-state index in [1.54, 1.807) is 42.5 Å². The number of carbonyl (C=O) groups is 2. The first-order valence-corrected chi connectivity index (χ1v) is 14.0. The summed E-state index contributed by atoms with van der Waals surface area (Å²) < 4.78 is 12.2. The Labute approximate surface area is 246 Å². The van der Waals surface area contributed by atoms with Crippen molar-refractivity contribution in [3.05, 3.63) is 118 Å². The Morgan fingerprint density at radius 3 is 2.44 bits per heavy atom. The normalized spacial score (nSPS) is 11.1. The highest BCUT2D eigenvalue weighted by molar-refractivity contribution is 9.10. The fourth-order valence-electron chi connectivity index (χ4n) is 4.57. The van der Waals surface area contributed by atoms with Crippen molar-refractivity contribution in [2.45, 2.75) is 20.3 Å². The first-order chi connectivity index (χ1) is 20.0. The minimum absolute atomic E-state index is 0.290. The molecule has 5 aromatic rings. The zero-order chi connectivity index (χ0) is 28.8. The van der Waals surface area contributed by atoms with Crippen LogP contribution >= 0.6 is 15.9 Å². The van der Waals surface area contributed by atoms with Gasteiger partial charge in [0, 0.05) is 20.9 Å². The van der Waals surface area contributed by atoms with Gasteiger partial charge >= 0.3 is 5.97 Å². The van der Waals surface area contributed by atoms with E-state index >= 15 is 0 Å². The molecule has 1 heterocycles. The molecule has 4 aromatic carbocycles. The van der Waals surface area contributed by atoms with Crippen molar-refractivity contribution in [1.29, 1.82) is 0 Å². The van der Waals surface area contributed by atoms with E-state index in [1.807, 2.05) is 49.4 Å². The molecule has 0 atom stereocenters. The number of nitrogens with one attached hydrogen (secondary N) is 2.